The topological polar surface area (TPSA) is 116 Å². The zero-order valence-corrected chi connectivity index (χ0v) is 12.5. The predicted octanol–water partition coefficient (Wildman–Crippen LogP) is -0.702. The molecule has 1 fully saturated rings. The molecular formula is C13H24N4O4. The Morgan fingerprint density at radius 2 is 2.14 bits per heavy atom. The number of carboxylic acid groups (broad SMARTS) is 1. The zero-order chi connectivity index (χ0) is 16.0. The molecule has 8 nitrogen and oxygen atoms in total. The summed E-state index contributed by atoms with van der Waals surface area (Å²) in [6, 6.07) is -1.54. The number of carbonyl (C=O) groups excluding carboxylic acids is 2. The van der Waals surface area contributed by atoms with E-state index in [1.165, 1.54) is 4.90 Å². The molecule has 8 heteroatoms. The third-order valence-electron chi connectivity index (χ3n) is 3.64. The van der Waals surface area contributed by atoms with Gasteiger partial charge < -0.3 is 26.0 Å². The molecule has 0 spiro atoms. The van der Waals surface area contributed by atoms with Gasteiger partial charge in [0.05, 0.1) is 0 Å². The summed E-state index contributed by atoms with van der Waals surface area (Å²) >= 11 is 0. The van der Waals surface area contributed by atoms with E-state index >= 15 is 0 Å². The first-order valence-corrected chi connectivity index (χ1v) is 7.01. The highest BCUT2D eigenvalue weighted by Gasteiger charge is 2.25. The van der Waals surface area contributed by atoms with E-state index in [1.807, 2.05) is 7.05 Å². The molecule has 0 aromatic heterocycles. The van der Waals surface area contributed by atoms with Crippen molar-refractivity contribution in [3.63, 3.8) is 0 Å². The number of likely N-dealkylation sites (tertiary alicyclic amines) is 1. The molecule has 4 N–H and O–H groups in total. The van der Waals surface area contributed by atoms with Crippen molar-refractivity contribution < 1.29 is 19.5 Å². The van der Waals surface area contributed by atoms with Crippen LogP contribution in [0.5, 0.6) is 0 Å². The predicted molar refractivity (Wildman–Crippen MR) is 76.6 cm³/mol. The van der Waals surface area contributed by atoms with E-state index in [0.29, 0.717) is 12.5 Å². The van der Waals surface area contributed by atoms with Crippen molar-refractivity contribution in [3.8, 4) is 0 Å². The van der Waals surface area contributed by atoms with Gasteiger partial charge in [0.2, 0.25) is 5.91 Å². The van der Waals surface area contributed by atoms with Crippen LogP contribution in [0.1, 0.15) is 19.3 Å². The quantitative estimate of drug-likeness (QED) is 0.575. The Balaban J connectivity index is 2.44. The van der Waals surface area contributed by atoms with E-state index in [9.17, 15) is 14.4 Å². The van der Waals surface area contributed by atoms with Gasteiger partial charge in [0, 0.05) is 26.6 Å². The molecule has 1 aliphatic heterocycles. The number of primary amides is 1. The lowest BCUT2D eigenvalue weighted by atomic mass is 10.1. The van der Waals surface area contributed by atoms with Crippen molar-refractivity contribution >= 4 is 17.9 Å². The van der Waals surface area contributed by atoms with E-state index in [-0.39, 0.29) is 12.8 Å². The van der Waals surface area contributed by atoms with Crippen LogP contribution in [-0.4, -0.2) is 72.6 Å². The number of rotatable bonds is 7. The van der Waals surface area contributed by atoms with Crippen LogP contribution >= 0.6 is 0 Å². The van der Waals surface area contributed by atoms with Crippen LogP contribution in [0, 0.1) is 5.92 Å². The van der Waals surface area contributed by atoms with Crippen molar-refractivity contribution in [2.45, 2.75) is 25.3 Å². The minimum Gasteiger partial charge on any atom is -0.480 e. The van der Waals surface area contributed by atoms with E-state index in [4.69, 9.17) is 10.8 Å². The highest BCUT2D eigenvalue weighted by atomic mass is 16.4. The Kier molecular flexibility index (Phi) is 6.41. The summed E-state index contributed by atoms with van der Waals surface area (Å²) in [4.78, 5) is 37.5. The first-order chi connectivity index (χ1) is 9.79. The number of carbonyl (C=O) groups is 3. The summed E-state index contributed by atoms with van der Waals surface area (Å²) in [5.74, 6) is -1.35. The Morgan fingerprint density at radius 1 is 1.48 bits per heavy atom. The van der Waals surface area contributed by atoms with E-state index in [1.54, 1.807) is 7.05 Å². The first kappa shape index (κ1) is 17.2. The normalized spacial score (nSPS) is 20.0. The minimum atomic E-state index is -1.17. The van der Waals surface area contributed by atoms with Gasteiger partial charge >= 0.3 is 12.0 Å². The average Bonchev–Trinajstić information content (AvgIpc) is 2.78. The molecule has 0 bridgehead atoms. The second kappa shape index (κ2) is 7.82. The lowest BCUT2D eigenvalue weighted by Gasteiger charge is -2.23. The van der Waals surface area contributed by atoms with Gasteiger partial charge in [-0.2, -0.15) is 0 Å². The summed E-state index contributed by atoms with van der Waals surface area (Å²) in [6.45, 7) is 2.52. The molecule has 3 amide bonds. The number of nitrogens with two attached hydrogens (primary N) is 1. The summed E-state index contributed by atoms with van der Waals surface area (Å²) in [5.41, 5.74) is 4.99. The fourth-order valence-electron chi connectivity index (χ4n) is 2.45. The van der Waals surface area contributed by atoms with Crippen LogP contribution in [0.4, 0.5) is 4.79 Å². The molecule has 0 aromatic rings. The molecule has 0 saturated carbocycles. The highest BCUT2D eigenvalue weighted by molar-refractivity contribution is 5.83. The van der Waals surface area contributed by atoms with Crippen LogP contribution in [0.3, 0.4) is 0 Å². The molecule has 1 saturated heterocycles. The maximum absolute atomic E-state index is 12.0. The van der Waals surface area contributed by atoms with Crippen molar-refractivity contribution in [1.29, 1.82) is 0 Å². The number of carboxylic acids is 1. The van der Waals surface area contributed by atoms with Gasteiger partial charge in [0.15, 0.2) is 0 Å². The number of nitrogens with zero attached hydrogens (tertiary/aromatic N) is 2. The van der Waals surface area contributed by atoms with E-state index in [2.05, 4.69) is 10.2 Å². The monoisotopic (exact) mass is 300 g/mol. The van der Waals surface area contributed by atoms with Crippen molar-refractivity contribution in [2.24, 2.45) is 11.7 Å². The van der Waals surface area contributed by atoms with Gasteiger partial charge in [-0.1, -0.05) is 0 Å². The zero-order valence-electron chi connectivity index (χ0n) is 12.5. The molecule has 1 rings (SSSR count). The number of hydrogen-bond donors (Lipinski definition) is 3. The largest absolute Gasteiger partial charge is 0.480 e. The Labute approximate surface area is 124 Å². The van der Waals surface area contributed by atoms with Crippen molar-refractivity contribution in [3.05, 3.63) is 0 Å². The number of amides is 3. The molecule has 0 radical (unpaired) electrons. The van der Waals surface area contributed by atoms with Gasteiger partial charge in [-0.3, -0.25) is 4.79 Å². The summed E-state index contributed by atoms with van der Waals surface area (Å²) in [5, 5.41) is 11.5. The van der Waals surface area contributed by atoms with Crippen LogP contribution in [0.25, 0.3) is 0 Å². The van der Waals surface area contributed by atoms with Crippen molar-refractivity contribution in [2.75, 3.05) is 33.7 Å². The van der Waals surface area contributed by atoms with Gasteiger partial charge in [-0.25, -0.2) is 9.59 Å². The minimum absolute atomic E-state index is 0.00356. The lowest BCUT2D eigenvalue weighted by Crippen LogP contribution is -2.48. The third kappa shape index (κ3) is 5.99. The lowest BCUT2D eigenvalue weighted by molar-refractivity contribution is -0.139. The molecule has 0 aliphatic carbocycles. The highest BCUT2D eigenvalue weighted by Crippen LogP contribution is 2.15. The van der Waals surface area contributed by atoms with Crippen LogP contribution in [-0.2, 0) is 9.59 Å². The molecule has 2 atom stereocenters. The maximum Gasteiger partial charge on any atom is 0.326 e. The first-order valence-electron chi connectivity index (χ1n) is 7.01. The Morgan fingerprint density at radius 3 is 2.62 bits per heavy atom. The van der Waals surface area contributed by atoms with Gasteiger partial charge in [0.25, 0.3) is 0 Å². The SMILES string of the molecule is CN1CCC(CN(C)C(=O)NC(CCC(N)=O)C(=O)O)C1. The summed E-state index contributed by atoms with van der Waals surface area (Å²) in [6.07, 6.45) is 0.947. The van der Waals surface area contributed by atoms with Crippen LogP contribution < -0.4 is 11.1 Å². The fraction of sp³-hybridized carbons (Fsp3) is 0.769. The van der Waals surface area contributed by atoms with E-state index in [0.717, 1.165) is 19.5 Å². The number of urea groups is 1. The summed E-state index contributed by atoms with van der Waals surface area (Å²) in [7, 11) is 3.67. The fourth-order valence-corrected chi connectivity index (χ4v) is 2.45. The second-order valence-corrected chi connectivity index (χ2v) is 5.64. The van der Waals surface area contributed by atoms with Gasteiger partial charge in [0.1, 0.15) is 6.04 Å². The molecule has 21 heavy (non-hydrogen) atoms. The Bertz CT molecular complexity index is 402. The van der Waals surface area contributed by atoms with Crippen molar-refractivity contribution in [1.82, 2.24) is 15.1 Å². The molecular weight excluding hydrogens is 276 g/mol. The summed E-state index contributed by atoms with van der Waals surface area (Å²) < 4.78 is 0. The van der Waals surface area contributed by atoms with Crippen LogP contribution in [0.15, 0.2) is 0 Å². The average molecular weight is 300 g/mol. The van der Waals surface area contributed by atoms with Gasteiger partial charge in [-0.15, -0.1) is 0 Å². The number of aliphatic carboxylic acids is 1. The molecule has 120 valence electrons. The van der Waals surface area contributed by atoms with E-state index < -0.39 is 23.9 Å². The molecule has 2 unspecified atom stereocenters. The molecule has 1 aliphatic rings. The molecule has 1 heterocycles. The maximum atomic E-state index is 12.0. The molecule has 0 aromatic carbocycles. The Hall–Kier alpha value is -1.83. The standard InChI is InChI=1S/C13H24N4O4/c1-16-6-5-9(7-16)8-17(2)13(21)15-10(12(19)20)3-4-11(14)18/h9-10H,3-8H2,1-2H3,(H2,14,18)(H,15,21)(H,19,20). The second-order valence-electron chi connectivity index (χ2n) is 5.64. The number of hydrogen-bond acceptors (Lipinski definition) is 4. The van der Waals surface area contributed by atoms with Gasteiger partial charge in [-0.05, 0) is 32.4 Å². The third-order valence-corrected chi connectivity index (χ3v) is 3.64. The smallest absolute Gasteiger partial charge is 0.326 e. The number of nitrogens with one attached hydrogen (secondary N) is 1. The van der Waals surface area contributed by atoms with Crippen LogP contribution in [0.2, 0.25) is 0 Å².